The molecule has 0 amide bonds. The summed E-state index contributed by atoms with van der Waals surface area (Å²) in [6, 6.07) is 71.8. The van der Waals surface area contributed by atoms with Crippen molar-refractivity contribution in [2.24, 2.45) is 0 Å². The van der Waals surface area contributed by atoms with Crippen LogP contribution in [0.5, 0.6) is 0 Å². The molecule has 0 fully saturated rings. The van der Waals surface area contributed by atoms with E-state index in [1.54, 1.807) is 0 Å². The molecule has 0 atom stereocenters. The average molecular weight is 820 g/mol. The Balaban J connectivity index is 0.951. The Morgan fingerprint density at radius 3 is 1.62 bits per heavy atom. The van der Waals surface area contributed by atoms with Crippen LogP contribution in [-0.4, -0.2) is 24.1 Å². The van der Waals surface area contributed by atoms with Crippen molar-refractivity contribution in [2.75, 3.05) is 0 Å². The fourth-order valence-electron chi connectivity index (χ4n) is 10.2. The van der Waals surface area contributed by atoms with Gasteiger partial charge in [-0.25, -0.2) is 15.0 Å². The van der Waals surface area contributed by atoms with Crippen molar-refractivity contribution < 1.29 is 0 Å². The largest absolute Gasteiger partial charge is 0.309 e. The van der Waals surface area contributed by atoms with Crippen molar-refractivity contribution >= 4 is 96.7 Å². The highest BCUT2D eigenvalue weighted by Crippen LogP contribution is 2.46. The van der Waals surface area contributed by atoms with Crippen molar-refractivity contribution in [1.29, 1.82) is 0 Å². The standard InChI is InChI=1S/C57H33N5S/c1-3-12-36(13-4-1)55-58-56(60-57(59-55)43-19-11-21-45-52(43)42-18-7-8-20-44(42)61(45)40-16-5-2-6-17-40)39-25-24-38-33-41(29-26-37(38)32-39)62-46-30-27-34-14-9-22-48-50(34)53(46)54-47(62)31-28-35-15-10-23-49(63-48)51(35)54/h1-33H. The molecule has 4 aromatic heterocycles. The topological polar surface area (TPSA) is 48.5 Å². The van der Waals surface area contributed by atoms with Crippen molar-refractivity contribution in [3.8, 4) is 45.5 Å². The van der Waals surface area contributed by atoms with Crippen LogP contribution in [0.25, 0.3) is 131 Å². The van der Waals surface area contributed by atoms with E-state index in [2.05, 4.69) is 191 Å². The first-order chi connectivity index (χ1) is 31.2. The summed E-state index contributed by atoms with van der Waals surface area (Å²) in [6.45, 7) is 0. The quantitative estimate of drug-likeness (QED) is 0.174. The van der Waals surface area contributed by atoms with Crippen LogP contribution in [0.2, 0.25) is 0 Å². The number of aromatic nitrogens is 5. The number of fused-ring (bicyclic) bond motifs is 4. The molecule has 0 unspecified atom stereocenters. The zero-order chi connectivity index (χ0) is 41.2. The zero-order valence-electron chi connectivity index (χ0n) is 33.7. The summed E-state index contributed by atoms with van der Waals surface area (Å²) in [6.07, 6.45) is 0. The number of rotatable bonds is 5. The first-order valence-corrected chi connectivity index (χ1v) is 22.1. The van der Waals surface area contributed by atoms with Gasteiger partial charge in [0.15, 0.2) is 17.5 Å². The van der Waals surface area contributed by atoms with Gasteiger partial charge in [-0.15, -0.1) is 11.3 Å². The summed E-state index contributed by atoms with van der Waals surface area (Å²) >= 11 is 1.89. The first kappa shape index (κ1) is 34.5. The van der Waals surface area contributed by atoms with Crippen LogP contribution in [0, 0.1) is 0 Å². The van der Waals surface area contributed by atoms with Crippen molar-refractivity contribution in [3.63, 3.8) is 0 Å². The molecule has 14 rings (SSSR count). The highest BCUT2D eigenvalue weighted by Gasteiger charge is 2.22. The van der Waals surface area contributed by atoms with Crippen molar-refractivity contribution in [3.05, 3.63) is 200 Å². The van der Waals surface area contributed by atoms with E-state index in [1.807, 2.05) is 29.5 Å². The van der Waals surface area contributed by atoms with Gasteiger partial charge in [0.1, 0.15) is 0 Å². The van der Waals surface area contributed by atoms with Crippen LogP contribution in [0.4, 0.5) is 0 Å². The average Bonchev–Trinajstić information content (AvgIpc) is 3.82. The molecule has 0 N–H and O–H groups in total. The number of hydrogen-bond donors (Lipinski definition) is 0. The third-order valence-corrected chi connectivity index (χ3v) is 14.0. The number of benzene rings is 10. The van der Waals surface area contributed by atoms with Gasteiger partial charge < -0.3 is 9.13 Å². The maximum atomic E-state index is 5.30. The van der Waals surface area contributed by atoms with Gasteiger partial charge in [-0.2, -0.15) is 0 Å². The van der Waals surface area contributed by atoms with Crippen molar-refractivity contribution in [1.82, 2.24) is 24.1 Å². The molecule has 0 aliphatic carbocycles. The highest BCUT2D eigenvalue weighted by atomic mass is 32.1. The van der Waals surface area contributed by atoms with E-state index >= 15 is 0 Å². The lowest BCUT2D eigenvalue weighted by Gasteiger charge is -2.12. The fourth-order valence-corrected chi connectivity index (χ4v) is 11.3. The lowest BCUT2D eigenvalue weighted by atomic mass is 10.00. The van der Waals surface area contributed by atoms with Crippen molar-refractivity contribution in [2.45, 2.75) is 0 Å². The van der Waals surface area contributed by atoms with Gasteiger partial charge in [-0.1, -0.05) is 133 Å². The van der Waals surface area contributed by atoms with Gasteiger partial charge in [-0.3, -0.25) is 0 Å². The molecular weight excluding hydrogens is 787 g/mol. The van der Waals surface area contributed by atoms with E-state index in [-0.39, 0.29) is 0 Å². The van der Waals surface area contributed by atoms with Gasteiger partial charge in [0.05, 0.1) is 22.1 Å². The Hall–Kier alpha value is -8.19. The SMILES string of the molecule is c1ccc(-c2nc(-c3ccc4cc(-n5c6ccc7cccc8sc9cccc%10ccc5c(c%109)c6c78)ccc4c3)nc(-c3cccc4c3c3ccccc3n4-c3ccccc3)n2)cc1. The van der Waals surface area contributed by atoms with Crippen LogP contribution < -0.4 is 0 Å². The molecule has 14 aromatic rings. The van der Waals surface area contributed by atoms with E-state index in [0.717, 1.165) is 60.6 Å². The lowest BCUT2D eigenvalue weighted by molar-refractivity contribution is 1.08. The zero-order valence-corrected chi connectivity index (χ0v) is 34.5. The maximum absolute atomic E-state index is 5.30. The predicted molar refractivity (Wildman–Crippen MR) is 264 cm³/mol. The Labute approximate surface area is 364 Å². The Morgan fingerprint density at radius 1 is 0.317 bits per heavy atom. The van der Waals surface area contributed by atoms with Crippen LogP contribution in [0.3, 0.4) is 0 Å². The normalized spacial score (nSPS) is 12.1. The van der Waals surface area contributed by atoms with Gasteiger partial charge in [0.25, 0.3) is 0 Å². The molecular formula is C57H33N5S. The van der Waals surface area contributed by atoms with Gasteiger partial charge in [0.2, 0.25) is 0 Å². The Kier molecular flexibility index (Phi) is 7.21. The Bertz CT molecular complexity index is 4040. The molecule has 4 heterocycles. The van der Waals surface area contributed by atoms with Gasteiger partial charge in [0, 0.05) is 69.8 Å². The summed E-state index contributed by atoms with van der Waals surface area (Å²) in [5.74, 6) is 1.91. The molecule has 6 heteroatoms. The van der Waals surface area contributed by atoms with E-state index in [1.165, 1.54) is 52.8 Å². The second-order valence-electron chi connectivity index (χ2n) is 16.4. The van der Waals surface area contributed by atoms with E-state index < -0.39 is 0 Å². The molecule has 0 spiro atoms. The second-order valence-corrected chi connectivity index (χ2v) is 17.5. The van der Waals surface area contributed by atoms with Crippen LogP contribution in [-0.2, 0) is 0 Å². The predicted octanol–water partition coefficient (Wildman–Crippen LogP) is 15.2. The van der Waals surface area contributed by atoms with Crippen LogP contribution in [0.1, 0.15) is 0 Å². The third-order valence-electron chi connectivity index (χ3n) is 12.9. The van der Waals surface area contributed by atoms with Crippen LogP contribution >= 0.6 is 11.3 Å². The number of nitrogens with zero attached hydrogens (tertiary/aromatic N) is 5. The molecule has 0 saturated heterocycles. The van der Waals surface area contributed by atoms with E-state index in [4.69, 9.17) is 15.0 Å². The molecule has 63 heavy (non-hydrogen) atoms. The van der Waals surface area contributed by atoms with Gasteiger partial charge >= 0.3 is 0 Å². The summed E-state index contributed by atoms with van der Waals surface area (Å²) in [4.78, 5) is 15.7. The number of para-hydroxylation sites is 2. The van der Waals surface area contributed by atoms with E-state index in [0.29, 0.717) is 17.5 Å². The molecule has 5 nitrogen and oxygen atoms in total. The van der Waals surface area contributed by atoms with E-state index in [9.17, 15) is 0 Å². The second kappa shape index (κ2) is 13.2. The first-order valence-electron chi connectivity index (χ1n) is 21.3. The highest BCUT2D eigenvalue weighted by molar-refractivity contribution is 7.24. The minimum Gasteiger partial charge on any atom is -0.309 e. The summed E-state index contributed by atoms with van der Waals surface area (Å²) in [5.41, 5.74) is 9.77. The molecule has 0 saturated carbocycles. The van der Waals surface area contributed by atoms with Gasteiger partial charge in [-0.05, 0) is 88.3 Å². The molecule has 10 aromatic carbocycles. The monoisotopic (exact) mass is 819 g/mol. The molecule has 0 radical (unpaired) electrons. The Morgan fingerprint density at radius 2 is 0.873 bits per heavy atom. The van der Waals surface area contributed by atoms with Crippen LogP contribution in [0.15, 0.2) is 200 Å². The smallest absolute Gasteiger partial charge is 0.164 e. The molecule has 292 valence electrons. The molecule has 0 bridgehead atoms. The number of hydrogen-bond acceptors (Lipinski definition) is 4. The third kappa shape index (κ3) is 5.07. The minimum atomic E-state index is 0.633. The molecule has 0 aliphatic heterocycles. The summed E-state index contributed by atoms with van der Waals surface area (Å²) in [5, 5.41) is 12.4. The maximum Gasteiger partial charge on any atom is 0.164 e. The molecule has 0 aliphatic rings. The lowest BCUT2D eigenvalue weighted by Crippen LogP contribution is -2.00. The minimum absolute atomic E-state index is 0.633. The summed E-state index contributed by atoms with van der Waals surface area (Å²) < 4.78 is 7.40. The fraction of sp³-hybridized carbons (Fsp3) is 0. The summed E-state index contributed by atoms with van der Waals surface area (Å²) in [7, 11) is 0.